The maximum atomic E-state index is 12.4. The smallest absolute Gasteiger partial charge is 0.224 e. The Morgan fingerprint density at radius 3 is 2.59 bits per heavy atom. The largest absolute Gasteiger partial charge is 0.353 e. The minimum absolute atomic E-state index is 0. The molecule has 3 rings (SSSR count). The summed E-state index contributed by atoms with van der Waals surface area (Å²) in [4.78, 5) is 12.4. The van der Waals surface area contributed by atoms with Crippen LogP contribution in [0.25, 0.3) is 0 Å². The highest BCUT2D eigenvalue weighted by Crippen LogP contribution is 2.39. The number of hydrogen-bond acceptors (Lipinski definition) is 2. The Morgan fingerprint density at radius 1 is 1.27 bits per heavy atom. The van der Waals surface area contributed by atoms with Gasteiger partial charge in [0.2, 0.25) is 5.91 Å². The van der Waals surface area contributed by atoms with E-state index in [4.69, 9.17) is 5.73 Å². The zero-order chi connectivity index (χ0) is 14.8. The Kier molecular flexibility index (Phi) is 6.53. The molecule has 0 heterocycles. The molecule has 3 N–H and O–H groups in total. The van der Waals surface area contributed by atoms with E-state index in [1.807, 2.05) is 12.1 Å². The van der Waals surface area contributed by atoms with Crippen molar-refractivity contribution in [2.24, 2.45) is 17.6 Å². The highest BCUT2D eigenvalue weighted by Gasteiger charge is 2.39. The van der Waals surface area contributed by atoms with Crippen LogP contribution in [0.3, 0.4) is 0 Å². The first kappa shape index (κ1) is 18.0. The molecular weight excluding hydrogens is 411 g/mol. The molecule has 0 saturated heterocycles. The van der Waals surface area contributed by atoms with Crippen molar-refractivity contribution in [1.29, 1.82) is 0 Å². The first-order valence-corrected chi connectivity index (χ1v) is 8.99. The topological polar surface area (TPSA) is 55.1 Å². The third-order valence-electron chi connectivity index (χ3n) is 4.96. The van der Waals surface area contributed by atoms with Crippen molar-refractivity contribution in [3.63, 3.8) is 0 Å². The lowest BCUT2D eigenvalue weighted by atomic mass is 9.67. The quantitative estimate of drug-likeness (QED) is 0.717. The molecule has 3 nitrogen and oxygen atoms in total. The number of carbonyl (C=O) groups excluding carboxylic acids is 1. The zero-order valence-corrected chi connectivity index (χ0v) is 15.6. The number of nitrogens with one attached hydrogen (secondary N) is 1. The van der Waals surface area contributed by atoms with Crippen LogP contribution < -0.4 is 11.1 Å². The number of benzene rings is 1. The van der Waals surface area contributed by atoms with Gasteiger partial charge in [0.05, 0.1) is 6.42 Å². The van der Waals surface area contributed by atoms with Crippen molar-refractivity contribution >= 4 is 40.9 Å². The van der Waals surface area contributed by atoms with Crippen LogP contribution in [0.4, 0.5) is 0 Å². The van der Waals surface area contributed by atoms with Gasteiger partial charge in [0.1, 0.15) is 0 Å². The summed E-state index contributed by atoms with van der Waals surface area (Å²) in [5, 5.41) is 3.31. The molecule has 1 aromatic carbocycles. The van der Waals surface area contributed by atoms with Crippen LogP contribution in [0.5, 0.6) is 0 Å². The van der Waals surface area contributed by atoms with Gasteiger partial charge in [-0.1, -0.05) is 18.6 Å². The molecule has 0 spiro atoms. The fourth-order valence-corrected chi connectivity index (χ4v) is 4.70. The number of fused-ring (bicyclic) bond motifs is 2. The van der Waals surface area contributed by atoms with E-state index in [0.29, 0.717) is 30.3 Å². The molecule has 1 aromatic rings. The van der Waals surface area contributed by atoms with Crippen LogP contribution in [0.15, 0.2) is 24.3 Å². The number of hydrogen-bond donors (Lipinski definition) is 2. The molecule has 2 atom stereocenters. The van der Waals surface area contributed by atoms with Gasteiger partial charge >= 0.3 is 0 Å². The van der Waals surface area contributed by atoms with E-state index in [-0.39, 0.29) is 18.3 Å². The molecule has 2 aliphatic carbocycles. The van der Waals surface area contributed by atoms with Gasteiger partial charge in [0.25, 0.3) is 0 Å². The van der Waals surface area contributed by atoms with Gasteiger partial charge in [-0.25, -0.2) is 0 Å². The summed E-state index contributed by atoms with van der Waals surface area (Å²) in [5.74, 6) is 1.34. The maximum absolute atomic E-state index is 12.4. The molecule has 22 heavy (non-hydrogen) atoms. The van der Waals surface area contributed by atoms with Gasteiger partial charge in [-0.15, -0.1) is 12.4 Å². The second kappa shape index (κ2) is 7.97. The van der Waals surface area contributed by atoms with Gasteiger partial charge in [-0.2, -0.15) is 0 Å². The zero-order valence-electron chi connectivity index (χ0n) is 12.6. The molecule has 2 aliphatic rings. The average Bonchev–Trinajstić information content (AvgIpc) is 2.39. The van der Waals surface area contributed by atoms with E-state index in [1.54, 1.807) is 0 Å². The van der Waals surface area contributed by atoms with Gasteiger partial charge in [0.15, 0.2) is 0 Å². The van der Waals surface area contributed by atoms with Crippen molar-refractivity contribution in [1.82, 2.24) is 5.32 Å². The number of nitrogens with two attached hydrogens (primary N) is 1. The summed E-state index contributed by atoms with van der Waals surface area (Å²) >= 11 is 2.29. The Morgan fingerprint density at radius 2 is 1.95 bits per heavy atom. The van der Waals surface area contributed by atoms with Crippen molar-refractivity contribution in [3.05, 3.63) is 33.4 Å². The molecule has 5 heteroatoms. The van der Waals surface area contributed by atoms with Crippen LogP contribution in [-0.2, 0) is 11.2 Å². The first-order valence-electron chi connectivity index (χ1n) is 7.91. The Hall–Kier alpha value is -0.330. The molecule has 0 radical (unpaired) electrons. The second-order valence-electron chi connectivity index (χ2n) is 6.58. The van der Waals surface area contributed by atoms with Crippen LogP contribution >= 0.6 is 35.0 Å². The number of amides is 1. The van der Waals surface area contributed by atoms with E-state index in [9.17, 15) is 4.79 Å². The SMILES string of the molecule is Cl.NC1CC2CCCC(C1)C2NC(=O)Cc1cccc(I)c1. The highest BCUT2D eigenvalue weighted by molar-refractivity contribution is 14.1. The van der Waals surface area contributed by atoms with Gasteiger partial charge in [-0.3, -0.25) is 4.79 Å². The minimum Gasteiger partial charge on any atom is -0.353 e. The second-order valence-corrected chi connectivity index (χ2v) is 7.83. The summed E-state index contributed by atoms with van der Waals surface area (Å²) in [6, 6.07) is 8.86. The lowest BCUT2D eigenvalue weighted by molar-refractivity contribution is -0.122. The van der Waals surface area contributed by atoms with Crippen molar-refractivity contribution < 1.29 is 4.79 Å². The fraction of sp³-hybridized carbons (Fsp3) is 0.588. The fourth-order valence-electron chi connectivity index (χ4n) is 4.09. The Balaban J connectivity index is 0.00000176. The number of halogens is 2. The molecule has 2 unspecified atom stereocenters. The van der Waals surface area contributed by atoms with E-state index < -0.39 is 0 Å². The summed E-state index contributed by atoms with van der Waals surface area (Å²) < 4.78 is 1.18. The number of rotatable bonds is 3. The van der Waals surface area contributed by atoms with E-state index in [1.165, 1.54) is 22.8 Å². The molecule has 0 aliphatic heterocycles. The van der Waals surface area contributed by atoms with E-state index >= 15 is 0 Å². The van der Waals surface area contributed by atoms with Crippen LogP contribution in [0.2, 0.25) is 0 Å². The van der Waals surface area contributed by atoms with Crippen molar-refractivity contribution in [2.75, 3.05) is 0 Å². The summed E-state index contributed by atoms with van der Waals surface area (Å²) in [6.45, 7) is 0. The van der Waals surface area contributed by atoms with Crippen LogP contribution in [0, 0.1) is 15.4 Å². The summed E-state index contributed by atoms with van der Waals surface area (Å²) in [6.07, 6.45) is 6.37. The van der Waals surface area contributed by atoms with E-state index in [0.717, 1.165) is 18.4 Å². The summed E-state index contributed by atoms with van der Waals surface area (Å²) in [7, 11) is 0. The first-order chi connectivity index (χ1) is 10.1. The lowest BCUT2D eigenvalue weighted by Crippen LogP contribution is -2.54. The molecule has 0 aromatic heterocycles. The average molecular weight is 435 g/mol. The number of carbonyl (C=O) groups is 1. The predicted molar refractivity (Wildman–Crippen MR) is 100 cm³/mol. The Bertz CT molecular complexity index is 511. The normalized spacial score (nSPS) is 30.3. The third kappa shape index (κ3) is 4.36. The molecular formula is C17H24ClIN2O. The standard InChI is InChI=1S/C17H23IN2O.ClH/c18-14-6-1-3-11(7-14)8-16(21)20-17-12-4-2-5-13(17)10-15(19)9-12;/h1,3,6-7,12-13,15,17H,2,4-5,8-10,19H2,(H,20,21);1H. The van der Waals surface area contributed by atoms with Gasteiger partial charge in [-0.05, 0) is 77.8 Å². The highest BCUT2D eigenvalue weighted by atomic mass is 127. The lowest BCUT2D eigenvalue weighted by Gasteiger charge is -2.45. The molecule has 2 fully saturated rings. The maximum Gasteiger partial charge on any atom is 0.224 e. The summed E-state index contributed by atoms with van der Waals surface area (Å²) in [5.41, 5.74) is 7.24. The van der Waals surface area contributed by atoms with Gasteiger partial charge in [0, 0.05) is 15.7 Å². The predicted octanol–water partition coefficient (Wildman–Crippen LogP) is 3.28. The van der Waals surface area contributed by atoms with Crippen LogP contribution in [-0.4, -0.2) is 18.0 Å². The van der Waals surface area contributed by atoms with Crippen molar-refractivity contribution in [2.45, 2.75) is 50.6 Å². The van der Waals surface area contributed by atoms with Crippen LogP contribution in [0.1, 0.15) is 37.7 Å². The van der Waals surface area contributed by atoms with Crippen molar-refractivity contribution in [3.8, 4) is 0 Å². The molecule has 1 amide bonds. The van der Waals surface area contributed by atoms with Gasteiger partial charge < -0.3 is 11.1 Å². The minimum atomic E-state index is 0. The molecule has 122 valence electrons. The monoisotopic (exact) mass is 434 g/mol. The Labute approximate surface area is 152 Å². The van der Waals surface area contributed by atoms with E-state index in [2.05, 4.69) is 40.0 Å². The third-order valence-corrected chi connectivity index (χ3v) is 5.63. The molecule has 2 bridgehead atoms. The molecule has 2 saturated carbocycles.